The highest BCUT2D eigenvalue weighted by molar-refractivity contribution is 6.33. The molecule has 1 aliphatic carbocycles. The maximum atomic E-state index is 12.8. The summed E-state index contributed by atoms with van der Waals surface area (Å²) in [4.78, 5) is 18.8. The van der Waals surface area contributed by atoms with Crippen molar-refractivity contribution in [2.75, 3.05) is 32.6 Å². The zero-order valence-electron chi connectivity index (χ0n) is 12.7. The molecule has 0 saturated heterocycles. The average Bonchev–Trinajstić information content (AvgIpc) is 3.32. The summed E-state index contributed by atoms with van der Waals surface area (Å²) >= 11 is 6.16. The quantitative estimate of drug-likeness (QED) is 0.841. The highest BCUT2D eigenvalue weighted by Gasteiger charge is 2.35. The van der Waals surface area contributed by atoms with Gasteiger partial charge in [-0.1, -0.05) is 11.6 Å². The Morgan fingerprint density at radius 1 is 1.62 bits per heavy atom. The van der Waals surface area contributed by atoms with Crippen molar-refractivity contribution in [3.63, 3.8) is 0 Å². The van der Waals surface area contributed by atoms with E-state index < -0.39 is 0 Å². The summed E-state index contributed by atoms with van der Waals surface area (Å²) in [6.45, 7) is 3.18. The van der Waals surface area contributed by atoms with Crippen LogP contribution >= 0.6 is 11.6 Å². The summed E-state index contributed by atoms with van der Waals surface area (Å²) in [7, 11) is 3.41. The lowest BCUT2D eigenvalue weighted by Crippen LogP contribution is -2.42. The van der Waals surface area contributed by atoms with Crippen molar-refractivity contribution in [1.29, 1.82) is 0 Å². The summed E-state index contributed by atoms with van der Waals surface area (Å²) < 4.78 is 5.13. The number of anilines is 1. The van der Waals surface area contributed by atoms with E-state index in [9.17, 15) is 4.79 Å². The molecule has 0 spiro atoms. The molecule has 1 atom stereocenters. The number of hydrogen-bond donors (Lipinski definition) is 1. The van der Waals surface area contributed by atoms with E-state index in [1.54, 1.807) is 20.2 Å². The minimum atomic E-state index is -0.0599. The van der Waals surface area contributed by atoms with Crippen LogP contribution < -0.4 is 5.32 Å². The molecule has 1 heterocycles. The summed E-state index contributed by atoms with van der Waals surface area (Å²) in [5.41, 5.74) is 0.486. The van der Waals surface area contributed by atoms with E-state index in [0.717, 1.165) is 0 Å². The van der Waals surface area contributed by atoms with Gasteiger partial charge >= 0.3 is 0 Å². The Hall–Kier alpha value is -1.33. The largest absolute Gasteiger partial charge is 0.383 e. The summed E-state index contributed by atoms with van der Waals surface area (Å²) in [5, 5.41) is 3.31. The molecular formula is C15H22ClN3O2. The van der Waals surface area contributed by atoms with E-state index in [1.807, 2.05) is 4.90 Å². The number of nitrogens with zero attached hydrogens (tertiary/aromatic N) is 2. The maximum Gasteiger partial charge on any atom is 0.255 e. The van der Waals surface area contributed by atoms with Gasteiger partial charge in [0.2, 0.25) is 0 Å². The van der Waals surface area contributed by atoms with Crippen LogP contribution in [-0.4, -0.2) is 49.1 Å². The van der Waals surface area contributed by atoms with E-state index in [-0.39, 0.29) is 11.9 Å². The fraction of sp³-hybridized carbons (Fsp3) is 0.600. The second-order valence-corrected chi connectivity index (χ2v) is 5.78. The molecule has 1 unspecified atom stereocenters. The minimum Gasteiger partial charge on any atom is -0.383 e. The van der Waals surface area contributed by atoms with Crippen LogP contribution in [0.15, 0.2) is 12.3 Å². The van der Waals surface area contributed by atoms with Gasteiger partial charge in [-0.15, -0.1) is 0 Å². The molecule has 1 amide bonds. The molecule has 1 aromatic rings. The van der Waals surface area contributed by atoms with E-state index >= 15 is 0 Å². The SMILES string of the molecule is CNc1cc(C(=O)N(CCOC)C(C)C2CC2)c(Cl)cn1. The molecule has 116 valence electrons. The van der Waals surface area contributed by atoms with Crippen molar-refractivity contribution < 1.29 is 9.53 Å². The van der Waals surface area contributed by atoms with Gasteiger partial charge in [0.15, 0.2) is 0 Å². The zero-order valence-corrected chi connectivity index (χ0v) is 13.5. The molecule has 1 aromatic heterocycles. The third kappa shape index (κ3) is 3.86. The standard InChI is InChI=1S/C15H22ClN3O2/c1-10(11-4-5-11)19(6-7-21-3)15(20)12-8-14(17-2)18-9-13(12)16/h8-11H,4-7H2,1-3H3,(H,17,18). The normalized spacial score (nSPS) is 15.6. The molecule has 1 fully saturated rings. The second kappa shape index (κ2) is 7.09. The molecule has 1 aliphatic rings. The number of amides is 1. The van der Waals surface area contributed by atoms with Crippen LogP contribution in [0.1, 0.15) is 30.1 Å². The highest BCUT2D eigenvalue weighted by atomic mass is 35.5. The fourth-order valence-corrected chi connectivity index (χ4v) is 2.59. The number of ether oxygens (including phenoxy) is 1. The van der Waals surface area contributed by atoms with Gasteiger partial charge in [0.1, 0.15) is 5.82 Å². The first kappa shape index (κ1) is 16.0. The van der Waals surface area contributed by atoms with Crippen molar-refractivity contribution in [2.45, 2.75) is 25.8 Å². The Morgan fingerprint density at radius 3 is 2.90 bits per heavy atom. The molecular weight excluding hydrogens is 290 g/mol. The van der Waals surface area contributed by atoms with Gasteiger partial charge in [0.05, 0.1) is 17.2 Å². The third-order valence-corrected chi connectivity index (χ3v) is 4.24. The number of rotatable bonds is 7. The van der Waals surface area contributed by atoms with Crippen LogP contribution in [0.5, 0.6) is 0 Å². The molecule has 1 N–H and O–H groups in total. The number of halogens is 1. The molecule has 21 heavy (non-hydrogen) atoms. The van der Waals surface area contributed by atoms with E-state index in [4.69, 9.17) is 16.3 Å². The molecule has 5 nitrogen and oxygen atoms in total. The zero-order chi connectivity index (χ0) is 15.4. The lowest BCUT2D eigenvalue weighted by atomic mass is 10.1. The molecule has 1 saturated carbocycles. The molecule has 0 radical (unpaired) electrons. The first-order valence-corrected chi connectivity index (χ1v) is 7.59. The Kier molecular flexibility index (Phi) is 5.42. The van der Waals surface area contributed by atoms with Crippen LogP contribution in [0, 0.1) is 5.92 Å². The van der Waals surface area contributed by atoms with Gasteiger partial charge in [-0.25, -0.2) is 4.98 Å². The number of hydrogen-bond acceptors (Lipinski definition) is 4. The van der Waals surface area contributed by atoms with E-state index in [0.29, 0.717) is 35.5 Å². The summed E-state index contributed by atoms with van der Waals surface area (Å²) in [6, 6.07) is 1.90. The fourth-order valence-electron chi connectivity index (χ4n) is 2.41. The van der Waals surface area contributed by atoms with Crippen LogP contribution in [-0.2, 0) is 4.74 Å². The molecule has 0 aliphatic heterocycles. The number of nitrogens with one attached hydrogen (secondary N) is 1. The molecule has 2 rings (SSSR count). The van der Waals surface area contributed by atoms with Crippen LogP contribution in [0.3, 0.4) is 0 Å². The Morgan fingerprint density at radius 2 is 2.33 bits per heavy atom. The van der Waals surface area contributed by atoms with E-state index in [1.165, 1.54) is 19.0 Å². The molecule has 6 heteroatoms. The van der Waals surface area contributed by atoms with Crippen LogP contribution in [0.4, 0.5) is 5.82 Å². The number of pyridine rings is 1. The number of aromatic nitrogens is 1. The number of carbonyl (C=O) groups excluding carboxylic acids is 1. The summed E-state index contributed by atoms with van der Waals surface area (Å²) in [5.74, 6) is 1.17. The van der Waals surface area contributed by atoms with Gasteiger partial charge < -0.3 is 15.0 Å². The van der Waals surface area contributed by atoms with Gasteiger partial charge in [0, 0.05) is 32.9 Å². The predicted octanol–water partition coefficient (Wildman–Crippen LogP) is 2.66. The van der Waals surface area contributed by atoms with E-state index in [2.05, 4.69) is 17.2 Å². The first-order chi connectivity index (χ1) is 10.1. The molecule has 0 bridgehead atoms. The lowest BCUT2D eigenvalue weighted by Gasteiger charge is -2.29. The van der Waals surface area contributed by atoms with Gasteiger partial charge in [-0.3, -0.25) is 4.79 Å². The number of methoxy groups -OCH3 is 1. The van der Waals surface area contributed by atoms with Crippen molar-refractivity contribution in [2.24, 2.45) is 5.92 Å². The Bertz CT molecular complexity index is 506. The first-order valence-electron chi connectivity index (χ1n) is 7.21. The predicted molar refractivity (Wildman–Crippen MR) is 83.9 cm³/mol. The highest BCUT2D eigenvalue weighted by Crippen LogP contribution is 2.36. The summed E-state index contributed by atoms with van der Waals surface area (Å²) in [6.07, 6.45) is 3.88. The Labute approximate surface area is 130 Å². The molecule has 0 aromatic carbocycles. The maximum absolute atomic E-state index is 12.8. The monoisotopic (exact) mass is 311 g/mol. The third-order valence-electron chi connectivity index (χ3n) is 3.93. The van der Waals surface area contributed by atoms with Crippen molar-refractivity contribution in [3.8, 4) is 0 Å². The van der Waals surface area contributed by atoms with Crippen molar-refractivity contribution in [3.05, 3.63) is 22.8 Å². The number of carbonyl (C=O) groups is 1. The lowest BCUT2D eigenvalue weighted by molar-refractivity contribution is 0.0595. The smallest absolute Gasteiger partial charge is 0.255 e. The average molecular weight is 312 g/mol. The van der Waals surface area contributed by atoms with Crippen LogP contribution in [0.25, 0.3) is 0 Å². The van der Waals surface area contributed by atoms with Gasteiger partial charge in [-0.2, -0.15) is 0 Å². The topological polar surface area (TPSA) is 54.5 Å². The second-order valence-electron chi connectivity index (χ2n) is 5.37. The van der Waals surface area contributed by atoms with Crippen LogP contribution in [0.2, 0.25) is 5.02 Å². The van der Waals surface area contributed by atoms with Crippen molar-refractivity contribution in [1.82, 2.24) is 9.88 Å². The van der Waals surface area contributed by atoms with Crippen molar-refractivity contribution >= 4 is 23.3 Å². The Balaban J connectivity index is 2.23. The van der Waals surface area contributed by atoms with Gasteiger partial charge in [-0.05, 0) is 31.7 Å². The minimum absolute atomic E-state index is 0.0599. The van der Waals surface area contributed by atoms with Gasteiger partial charge in [0.25, 0.3) is 5.91 Å².